The van der Waals surface area contributed by atoms with Crippen LogP contribution in [0.2, 0.25) is 0 Å². The van der Waals surface area contributed by atoms with E-state index >= 15 is 0 Å². The minimum absolute atomic E-state index is 0.0138. The van der Waals surface area contributed by atoms with Crippen molar-refractivity contribution < 1.29 is 28.8 Å². The summed E-state index contributed by atoms with van der Waals surface area (Å²) < 4.78 is 23.3. The average molecular weight is 505 g/mol. The summed E-state index contributed by atoms with van der Waals surface area (Å²) in [4.78, 5) is 13.2. The number of carbonyl (C=O) groups excluding carboxylic acids is 1. The van der Waals surface area contributed by atoms with Crippen LogP contribution in [0.4, 0.5) is 0 Å². The van der Waals surface area contributed by atoms with E-state index in [-0.39, 0.29) is 30.1 Å². The van der Waals surface area contributed by atoms with Crippen LogP contribution in [0, 0.1) is 11.8 Å². The van der Waals surface area contributed by atoms with Crippen LogP contribution >= 0.6 is 0 Å². The monoisotopic (exact) mass is 504 g/mol. The number of hydrogen-bond donors (Lipinski definition) is 1. The van der Waals surface area contributed by atoms with E-state index in [1.54, 1.807) is 13.2 Å². The van der Waals surface area contributed by atoms with Gasteiger partial charge >= 0.3 is 0 Å². The van der Waals surface area contributed by atoms with Crippen molar-refractivity contribution in [1.82, 2.24) is 0 Å². The smallest absolute Gasteiger partial charge is 0.162 e. The topological polar surface area (TPSA) is 74.2 Å². The molecule has 1 aliphatic rings. The minimum atomic E-state index is -0.916. The summed E-state index contributed by atoms with van der Waals surface area (Å²) in [6.45, 7) is 4.87. The maximum atomic E-state index is 13.2. The largest absolute Gasteiger partial charge is 0.497 e. The highest BCUT2D eigenvalue weighted by Crippen LogP contribution is 2.30. The summed E-state index contributed by atoms with van der Waals surface area (Å²) in [5.41, 5.74) is 2.79. The summed E-state index contributed by atoms with van der Waals surface area (Å²) >= 11 is 0. The summed E-state index contributed by atoms with van der Waals surface area (Å²) in [7, 11) is 1.64. The SMILES string of the molecule is COc1ccc(C[C@H]2OC[C@H](C)[C@@H]([C@@H](C)C(=O)C[C@@H](O)c3cccc(OCc4ccccc4)c3)O2)cc1. The van der Waals surface area contributed by atoms with Gasteiger partial charge in [-0.3, -0.25) is 4.79 Å². The molecule has 4 rings (SSSR count). The summed E-state index contributed by atoms with van der Waals surface area (Å²) in [5.74, 6) is 1.11. The van der Waals surface area contributed by atoms with E-state index in [0.717, 1.165) is 16.9 Å². The lowest BCUT2D eigenvalue weighted by atomic mass is 9.87. The number of methoxy groups -OCH3 is 1. The van der Waals surface area contributed by atoms with Crippen molar-refractivity contribution in [3.8, 4) is 11.5 Å². The molecule has 1 fully saturated rings. The van der Waals surface area contributed by atoms with Crippen LogP contribution in [0.15, 0.2) is 78.9 Å². The van der Waals surface area contributed by atoms with Crippen molar-refractivity contribution in [2.24, 2.45) is 11.8 Å². The third-order valence-corrected chi connectivity index (χ3v) is 6.86. The molecular formula is C31H36O6. The van der Waals surface area contributed by atoms with Gasteiger partial charge in [-0.1, -0.05) is 68.4 Å². The maximum absolute atomic E-state index is 13.2. The van der Waals surface area contributed by atoms with E-state index in [1.165, 1.54) is 0 Å². The lowest BCUT2D eigenvalue weighted by Crippen LogP contribution is -2.45. The molecule has 0 spiro atoms. The number of hydrogen-bond acceptors (Lipinski definition) is 6. The fourth-order valence-electron chi connectivity index (χ4n) is 4.60. The highest BCUT2D eigenvalue weighted by atomic mass is 16.7. The van der Waals surface area contributed by atoms with Gasteiger partial charge < -0.3 is 24.1 Å². The molecule has 0 unspecified atom stereocenters. The normalized spacial score (nSPS) is 21.1. The molecule has 6 nitrogen and oxygen atoms in total. The Morgan fingerprint density at radius 2 is 1.76 bits per heavy atom. The predicted molar refractivity (Wildman–Crippen MR) is 141 cm³/mol. The Labute approximate surface area is 219 Å². The summed E-state index contributed by atoms with van der Waals surface area (Å²) in [6, 6.07) is 25.0. The Bertz CT molecular complexity index is 1130. The standard InChI is InChI=1S/C31H36O6/c1-21-19-36-30(16-23-12-14-26(34-3)15-13-23)37-31(21)22(2)28(32)18-29(33)25-10-7-11-27(17-25)35-20-24-8-5-4-6-9-24/h4-15,17,21-22,29-31,33H,16,18-20H2,1-3H3/t21-,22-,29+,30-,31-/m0/s1. The van der Waals surface area contributed by atoms with Crippen LogP contribution in [0.5, 0.6) is 11.5 Å². The zero-order valence-corrected chi connectivity index (χ0v) is 21.7. The van der Waals surface area contributed by atoms with Crippen LogP contribution in [0.3, 0.4) is 0 Å². The van der Waals surface area contributed by atoms with Gasteiger partial charge in [0.05, 0.1) is 25.9 Å². The highest BCUT2D eigenvalue weighted by Gasteiger charge is 2.36. The molecule has 0 saturated carbocycles. The van der Waals surface area contributed by atoms with Gasteiger partial charge in [0.25, 0.3) is 0 Å². The number of benzene rings is 3. The third kappa shape index (κ3) is 7.41. The Kier molecular flexibility index (Phi) is 9.34. The molecule has 0 amide bonds. The van der Waals surface area contributed by atoms with Crippen molar-refractivity contribution >= 4 is 5.78 Å². The minimum Gasteiger partial charge on any atom is -0.497 e. The van der Waals surface area contributed by atoms with Gasteiger partial charge in [-0.05, 0) is 41.0 Å². The van der Waals surface area contributed by atoms with Gasteiger partial charge in [-0.2, -0.15) is 0 Å². The van der Waals surface area contributed by atoms with Crippen molar-refractivity contribution in [3.05, 3.63) is 95.6 Å². The molecule has 37 heavy (non-hydrogen) atoms. The zero-order valence-electron chi connectivity index (χ0n) is 21.7. The first-order valence-electron chi connectivity index (χ1n) is 12.8. The zero-order chi connectivity index (χ0) is 26.2. The molecule has 5 atom stereocenters. The van der Waals surface area contributed by atoms with Gasteiger partial charge in [0.2, 0.25) is 0 Å². The molecule has 1 N–H and O–H groups in total. The van der Waals surface area contributed by atoms with Crippen LogP contribution in [-0.4, -0.2) is 37.0 Å². The van der Waals surface area contributed by atoms with Gasteiger partial charge in [0.1, 0.15) is 23.9 Å². The highest BCUT2D eigenvalue weighted by molar-refractivity contribution is 5.82. The van der Waals surface area contributed by atoms with Crippen molar-refractivity contribution in [3.63, 3.8) is 0 Å². The molecule has 3 aromatic rings. The summed E-state index contributed by atoms with van der Waals surface area (Å²) in [5, 5.41) is 10.9. The number of carbonyl (C=O) groups is 1. The number of Topliss-reactive ketones (excluding diaryl/α,β-unsaturated/α-hetero) is 1. The maximum Gasteiger partial charge on any atom is 0.162 e. The number of ether oxygens (including phenoxy) is 4. The van der Waals surface area contributed by atoms with Gasteiger partial charge in [0.15, 0.2) is 6.29 Å². The van der Waals surface area contributed by atoms with Crippen molar-refractivity contribution in [1.29, 1.82) is 0 Å². The van der Waals surface area contributed by atoms with Gasteiger partial charge in [-0.25, -0.2) is 0 Å². The molecule has 3 aromatic carbocycles. The van der Waals surface area contributed by atoms with Crippen LogP contribution in [0.25, 0.3) is 0 Å². The van der Waals surface area contributed by atoms with E-state index in [2.05, 4.69) is 0 Å². The van der Waals surface area contributed by atoms with Gasteiger partial charge in [-0.15, -0.1) is 0 Å². The first kappa shape index (κ1) is 26.9. The average Bonchev–Trinajstić information content (AvgIpc) is 2.93. The van der Waals surface area contributed by atoms with E-state index in [1.807, 2.05) is 86.6 Å². The Morgan fingerprint density at radius 1 is 1.00 bits per heavy atom. The lowest BCUT2D eigenvalue weighted by Gasteiger charge is -2.38. The molecule has 0 aliphatic carbocycles. The second kappa shape index (κ2) is 12.9. The fraction of sp³-hybridized carbons (Fsp3) is 0.387. The molecule has 1 heterocycles. The third-order valence-electron chi connectivity index (χ3n) is 6.86. The Morgan fingerprint density at radius 3 is 2.49 bits per heavy atom. The van der Waals surface area contributed by atoms with E-state index in [4.69, 9.17) is 18.9 Å². The van der Waals surface area contributed by atoms with Gasteiger partial charge in [0, 0.05) is 24.7 Å². The van der Waals surface area contributed by atoms with Crippen LogP contribution < -0.4 is 9.47 Å². The second-order valence-corrected chi connectivity index (χ2v) is 9.71. The molecular weight excluding hydrogens is 468 g/mol. The van der Waals surface area contributed by atoms with Crippen molar-refractivity contribution in [2.45, 2.75) is 51.8 Å². The fourth-order valence-corrected chi connectivity index (χ4v) is 4.60. The first-order chi connectivity index (χ1) is 17.9. The number of ketones is 1. The Hall–Kier alpha value is -3.19. The van der Waals surface area contributed by atoms with Crippen LogP contribution in [0.1, 0.15) is 43.1 Å². The first-order valence-corrected chi connectivity index (χ1v) is 12.8. The molecule has 1 saturated heterocycles. The number of aliphatic hydroxyl groups excluding tert-OH is 1. The molecule has 0 bridgehead atoms. The molecule has 6 heteroatoms. The van der Waals surface area contributed by atoms with E-state index in [0.29, 0.717) is 30.9 Å². The predicted octanol–water partition coefficient (Wildman–Crippen LogP) is 5.52. The van der Waals surface area contributed by atoms with E-state index in [9.17, 15) is 9.90 Å². The molecule has 1 aliphatic heterocycles. The lowest BCUT2D eigenvalue weighted by molar-refractivity contribution is -0.242. The molecule has 0 aromatic heterocycles. The molecule has 0 radical (unpaired) electrons. The van der Waals surface area contributed by atoms with E-state index < -0.39 is 12.4 Å². The van der Waals surface area contributed by atoms with Crippen molar-refractivity contribution in [2.75, 3.05) is 13.7 Å². The summed E-state index contributed by atoms with van der Waals surface area (Å²) in [6.07, 6.45) is -1.02. The Balaban J connectivity index is 1.32. The quantitative estimate of drug-likeness (QED) is 0.371. The number of aliphatic hydroxyl groups is 1. The second-order valence-electron chi connectivity index (χ2n) is 9.71. The van der Waals surface area contributed by atoms with Crippen LogP contribution in [-0.2, 0) is 27.3 Å². The molecule has 196 valence electrons. The number of rotatable bonds is 11.